The molecule has 1 amide bonds. The normalized spacial score (nSPS) is 13.6. The number of aliphatic hydroxyl groups is 1. The van der Waals surface area contributed by atoms with Gasteiger partial charge in [-0.1, -0.05) is 54.1 Å². The van der Waals surface area contributed by atoms with Crippen LogP contribution in [0.25, 0.3) is 11.1 Å². The van der Waals surface area contributed by atoms with Gasteiger partial charge in [0.1, 0.15) is 0 Å². The lowest BCUT2D eigenvalue weighted by molar-refractivity contribution is 0.0916. The van der Waals surface area contributed by atoms with Crippen molar-refractivity contribution in [2.45, 2.75) is 26.4 Å². The Morgan fingerprint density at radius 2 is 1.83 bits per heavy atom. The summed E-state index contributed by atoms with van der Waals surface area (Å²) in [7, 11) is 0. The molecule has 146 valence electrons. The minimum absolute atomic E-state index is 0.154. The molecule has 2 N–H and O–H groups in total. The van der Waals surface area contributed by atoms with Crippen LogP contribution in [0.15, 0.2) is 71.7 Å². The van der Waals surface area contributed by atoms with Crippen molar-refractivity contribution in [2.24, 2.45) is 4.99 Å². The van der Waals surface area contributed by atoms with Crippen molar-refractivity contribution in [3.63, 3.8) is 0 Å². The molecule has 0 aromatic heterocycles. The third-order valence-corrected chi connectivity index (χ3v) is 5.38. The van der Waals surface area contributed by atoms with E-state index in [0.717, 1.165) is 34.5 Å². The number of hydrogen-bond acceptors (Lipinski definition) is 3. The van der Waals surface area contributed by atoms with Crippen molar-refractivity contribution in [3.05, 3.63) is 94.5 Å². The Bertz CT molecular complexity index is 1100. The summed E-state index contributed by atoms with van der Waals surface area (Å²) >= 11 is 0. The number of aryl methyl sites for hydroxylation is 1. The Morgan fingerprint density at radius 3 is 2.62 bits per heavy atom. The Morgan fingerprint density at radius 1 is 1.03 bits per heavy atom. The van der Waals surface area contributed by atoms with Crippen LogP contribution in [0.2, 0.25) is 0 Å². The summed E-state index contributed by atoms with van der Waals surface area (Å²) in [4.78, 5) is 17.3. The number of fused-ring (bicyclic) bond motifs is 1. The fraction of sp³-hybridized carbons (Fsp3) is 0.200. The maximum absolute atomic E-state index is 12.9. The predicted molar refractivity (Wildman–Crippen MR) is 116 cm³/mol. The Labute approximate surface area is 170 Å². The highest BCUT2D eigenvalue weighted by Gasteiger charge is 2.17. The molecule has 0 spiro atoms. The van der Waals surface area contributed by atoms with Gasteiger partial charge in [0.15, 0.2) is 0 Å². The van der Waals surface area contributed by atoms with Crippen LogP contribution in [0.1, 0.15) is 45.6 Å². The number of nitrogens with zero attached hydrogens (tertiary/aromatic N) is 1. The molecule has 1 aliphatic heterocycles. The van der Waals surface area contributed by atoms with Gasteiger partial charge >= 0.3 is 0 Å². The molecule has 0 aliphatic carbocycles. The SMILES string of the molecule is CC1=NCc2ccc(-c3cccc(C(=O)N[C@H](CO)c4cccc(C)c4)c3)cc21. The van der Waals surface area contributed by atoms with Crippen LogP contribution in [0.4, 0.5) is 0 Å². The summed E-state index contributed by atoms with van der Waals surface area (Å²) in [6, 6.07) is 21.3. The number of aliphatic hydroxyl groups excluding tert-OH is 1. The highest BCUT2D eigenvalue weighted by Crippen LogP contribution is 2.27. The van der Waals surface area contributed by atoms with Crippen molar-refractivity contribution in [1.29, 1.82) is 0 Å². The molecule has 0 radical (unpaired) electrons. The molecule has 0 saturated carbocycles. The average molecular weight is 384 g/mol. The summed E-state index contributed by atoms with van der Waals surface area (Å²) in [5.74, 6) is -0.202. The van der Waals surface area contributed by atoms with E-state index >= 15 is 0 Å². The van der Waals surface area contributed by atoms with Crippen LogP contribution >= 0.6 is 0 Å². The quantitative estimate of drug-likeness (QED) is 0.683. The second-order valence-corrected chi connectivity index (χ2v) is 7.48. The molecule has 0 saturated heterocycles. The zero-order valence-corrected chi connectivity index (χ0v) is 16.6. The number of amides is 1. The first-order valence-electron chi connectivity index (χ1n) is 9.78. The van der Waals surface area contributed by atoms with E-state index in [1.807, 2.05) is 56.3 Å². The van der Waals surface area contributed by atoms with Crippen LogP contribution < -0.4 is 5.32 Å². The van der Waals surface area contributed by atoms with Crippen molar-refractivity contribution in [1.82, 2.24) is 5.32 Å². The minimum Gasteiger partial charge on any atom is -0.394 e. The number of hydrogen-bond donors (Lipinski definition) is 2. The van der Waals surface area contributed by atoms with Crippen molar-refractivity contribution in [3.8, 4) is 11.1 Å². The van der Waals surface area contributed by atoms with Crippen molar-refractivity contribution < 1.29 is 9.90 Å². The van der Waals surface area contributed by atoms with Gasteiger partial charge in [0.2, 0.25) is 0 Å². The number of nitrogens with one attached hydrogen (secondary N) is 1. The van der Waals surface area contributed by atoms with Gasteiger partial charge in [0, 0.05) is 16.8 Å². The van der Waals surface area contributed by atoms with E-state index in [1.54, 1.807) is 6.07 Å². The number of rotatable bonds is 5. The third-order valence-electron chi connectivity index (χ3n) is 5.38. The summed E-state index contributed by atoms with van der Waals surface area (Å²) in [6.07, 6.45) is 0. The van der Waals surface area contributed by atoms with E-state index in [-0.39, 0.29) is 12.5 Å². The molecule has 1 atom stereocenters. The molecule has 4 rings (SSSR count). The Balaban J connectivity index is 1.58. The molecule has 29 heavy (non-hydrogen) atoms. The first-order chi connectivity index (χ1) is 14.0. The molecule has 3 aromatic carbocycles. The van der Waals surface area contributed by atoms with Gasteiger partial charge in [-0.15, -0.1) is 0 Å². The van der Waals surface area contributed by atoms with Gasteiger partial charge < -0.3 is 10.4 Å². The highest BCUT2D eigenvalue weighted by molar-refractivity contribution is 6.03. The van der Waals surface area contributed by atoms with Gasteiger partial charge in [-0.05, 0) is 54.3 Å². The summed E-state index contributed by atoms with van der Waals surface area (Å²) in [5.41, 5.74) is 8.07. The lowest BCUT2D eigenvalue weighted by atomic mass is 9.97. The Hall–Kier alpha value is -3.24. The second-order valence-electron chi connectivity index (χ2n) is 7.48. The number of aliphatic imine (C=N–C) groups is 1. The largest absolute Gasteiger partial charge is 0.394 e. The maximum Gasteiger partial charge on any atom is 0.251 e. The topological polar surface area (TPSA) is 61.7 Å². The molecule has 1 heterocycles. The van der Waals surface area contributed by atoms with Crippen molar-refractivity contribution >= 4 is 11.6 Å². The summed E-state index contributed by atoms with van der Waals surface area (Å²) in [6.45, 7) is 4.61. The fourth-order valence-corrected chi connectivity index (χ4v) is 3.72. The average Bonchev–Trinajstić information content (AvgIpc) is 3.12. The number of carbonyl (C=O) groups is 1. The molecule has 1 aliphatic rings. The molecule has 3 aromatic rings. The number of benzene rings is 3. The number of carbonyl (C=O) groups excluding carboxylic acids is 1. The third kappa shape index (κ3) is 3.98. The minimum atomic E-state index is -0.440. The lowest BCUT2D eigenvalue weighted by Gasteiger charge is -2.17. The predicted octanol–water partition coefficient (Wildman–Crippen LogP) is 4.45. The van der Waals surface area contributed by atoms with E-state index in [2.05, 4.69) is 28.5 Å². The van der Waals surface area contributed by atoms with E-state index in [9.17, 15) is 9.90 Å². The van der Waals surface area contributed by atoms with Crippen LogP contribution in [0.3, 0.4) is 0 Å². The van der Waals surface area contributed by atoms with Crippen LogP contribution in [-0.2, 0) is 6.54 Å². The van der Waals surface area contributed by atoms with Crippen LogP contribution in [0, 0.1) is 6.92 Å². The molecule has 0 bridgehead atoms. The molecule has 4 heteroatoms. The van der Waals surface area contributed by atoms with E-state index in [1.165, 1.54) is 11.1 Å². The van der Waals surface area contributed by atoms with E-state index in [0.29, 0.717) is 5.56 Å². The van der Waals surface area contributed by atoms with Gasteiger partial charge in [-0.2, -0.15) is 0 Å². The molecule has 4 nitrogen and oxygen atoms in total. The van der Waals surface area contributed by atoms with Gasteiger partial charge in [-0.3, -0.25) is 9.79 Å². The smallest absolute Gasteiger partial charge is 0.251 e. The van der Waals surface area contributed by atoms with Gasteiger partial charge in [0.25, 0.3) is 5.91 Å². The lowest BCUT2D eigenvalue weighted by Crippen LogP contribution is -2.30. The monoisotopic (exact) mass is 384 g/mol. The standard InChI is InChI=1S/C25H24N2O2/c1-16-5-3-7-20(11-16)24(15-28)27-25(29)21-8-4-6-18(12-21)19-9-10-22-14-26-17(2)23(22)13-19/h3-13,24,28H,14-15H2,1-2H3,(H,27,29)/t24-/m1/s1. The first kappa shape index (κ1) is 19.1. The zero-order valence-electron chi connectivity index (χ0n) is 16.6. The van der Waals surface area contributed by atoms with Crippen molar-refractivity contribution in [2.75, 3.05) is 6.61 Å². The first-order valence-corrected chi connectivity index (χ1v) is 9.78. The van der Waals surface area contributed by atoms with E-state index < -0.39 is 6.04 Å². The molecule has 0 fully saturated rings. The molecule has 0 unspecified atom stereocenters. The fourth-order valence-electron chi connectivity index (χ4n) is 3.72. The molecular formula is C25H24N2O2. The van der Waals surface area contributed by atoms with Crippen LogP contribution in [0.5, 0.6) is 0 Å². The highest BCUT2D eigenvalue weighted by atomic mass is 16.3. The van der Waals surface area contributed by atoms with E-state index in [4.69, 9.17) is 0 Å². The Kier molecular flexibility index (Phi) is 5.28. The van der Waals surface area contributed by atoms with Crippen LogP contribution in [-0.4, -0.2) is 23.3 Å². The van der Waals surface area contributed by atoms with Gasteiger partial charge in [-0.25, -0.2) is 0 Å². The molecular weight excluding hydrogens is 360 g/mol. The summed E-state index contributed by atoms with van der Waals surface area (Å²) < 4.78 is 0. The zero-order chi connectivity index (χ0) is 20.4. The summed E-state index contributed by atoms with van der Waals surface area (Å²) in [5, 5.41) is 12.7. The van der Waals surface area contributed by atoms with Gasteiger partial charge in [0.05, 0.1) is 19.2 Å². The second kappa shape index (κ2) is 8.02. The maximum atomic E-state index is 12.9.